The number of nitrogens with zero attached hydrogens (tertiary/aromatic N) is 1. The standard InChI is InChI=1S/C12H7F3N2O/c13-7-5-8(14)11(15)10(6-7)17-12(18)9-3-1-2-4-16-9/h1-6H,(H,17,18). The van der Waals surface area contributed by atoms with Gasteiger partial charge in [-0.25, -0.2) is 13.2 Å². The smallest absolute Gasteiger partial charge is 0.274 e. The number of rotatable bonds is 2. The monoisotopic (exact) mass is 252 g/mol. The molecule has 6 heteroatoms. The Balaban J connectivity index is 2.28. The summed E-state index contributed by atoms with van der Waals surface area (Å²) in [5.74, 6) is -4.42. The normalized spacial score (nSPS) is 10.2. The number of halogens is 3. The molecule has 2 rings (SSSR count). The number of hydrogen-bond donors (Lipinski definition) is 1. The summed E-state index contributed by atoms with van der Waals surface area (Å²) in [5, 5.41) is 2.05. The van der Waals surface area contributed by atoms with Crippen molar-refractivity contribution in [3.63, 3.8) is 0 Å². The van der Waals surface area contributed by atoms with Gasteiger partial charge in [0, 0.05) is 18.3 Å². The third-order valence-electron chi connectivity index (χ3n) is 2.14. The summed E-state index contributed by atoms with van der Waals surface area (Å²) >= 11 is 0. The van der Waals surface area contributed by atoms with E-state index in [0.29, 0.717) is 12.1 Å². The molecule has 0 aliphatic carbocycles. The van der Waals surface area contributed by atoms with Crippen molar-refractivity contribution in [1.82, 2.24) is 4.98 Å². The zero-order valence-corrected chi connectivity index (χ0v) is 8.95. The minimum atomic E-state index is -1.37. The van der Waals surface area contributed by atoms with E-state index in [-0.39, 0.29) is 5.69 Å². The number of benzene rings is 1. The van der Waals surface area contributed by atoms with Gasteiger partial charge < -0.3 is 5.32 Å². The van der Waals surface area contributed by atoms with E-state index in [1.54, 1.807) is 12.1 Å². The molecule has 0 aliphatic rings. The first kappa shape index (κ1) is 12.1. The highest BCUT2D eigenvalue weighted by Crippen LogP contribution is 2.19. The van der Waals surface area contributed by atoms with Crippen LogP contribution in [0.15, 0.2) is 36.5 Å². The molecular weight excluding hydrogens is 245 g/mol. The lowest BCUT2D eigenvalue weighted by molar-refractivity contribution is 0.102. The predicted molar refractivity (Wildman–Crippen MR) is 58.5 cm³/mol. The van der Waals surface area contributed by atoms with Crippen LogP contribution in [-0.2, 0) is 0 Å². The number of aromatic nitrogens is 1. The fourth-order valence-corrected chi connectivity index (χ4v) is 1.33. The average Bonchev–Trinajstić information content (AvgIpc) is 2.36. The Bertz CT molecular complexity index is 587. The van der Waals surface area contributed by atoms with Crippen molar-refractivity contribution in [1.29, 1.82) is 0 Å². The number of anilines is 1. The van der Waals surface area contributed by atoms with Crippen LogP contribution < -0.4 is 5.32 Å². The molecule has 1 amide bonds. The Labute approximate surface area is 100 Å². The summed E-state index contributed by atoms with van der Waals surface area (Å²) in [6, 6.07) is 5.64. The summed E-state index contributed by atoms with van der Waals surface area (Å²) in [4.78, 5) is 15.3. The molecule has 1 N–H and O–H groups in total. The van der Waals surface area contributed by atoms with E-state index in [2.05, 4.69) is 10.3 Å². The molecule has 0 bridgehead atoms. The summed E-state index contributed by atoms with van der Waals surface area (Å²) in [6.07, 6.45) is 1.37. The van der Waals surface area contributed by atoms with Crippen molar-refractivity contribution in [3.05, 3.63) is 59.7 Å². The molecule has 0 unspecified atom stereocenters. The highest BCUT2D eigenvalue weighted by Gasteiger charge is 2.14. The van der Waals surface area contributed by atoms with Crippen LogP contribution in [0.4, 0.5) is 18.9 Å². The van der Waals surface area contributed by atoms with Crippen LogP contribution in [0.5, 0.6) is 0 Å². The third-order valence-corrected chi connectivity index (χ3v) is 2.14. The number of nitrogens with one attached hydrogen (secondary N) is 1. The largest absolute Gasteiger partial charge is 0.318 e. The van der Waals surface area contributed by atoms with E-state index in [1.165, 1.54) is 12.3 Å². The Morgan fingerprint density at radius 2 is 1.94 bits per heavy atom. The second-order valence-electron chi connectivity index (χ2n) is 3.42. The molecule has 3 nitrogen and oxygen atoms in total. The van der Waals surface area contributed by atoms with Crippen LogP contribution in [-0.4, -0.2) is 10.9 Å². The SMILES string of the molecule is O=C(Nc1cc(F)cc(F)c1F)c1ccccn1. The molecule has 0 saturated carbocycles. The van der Waals surface area contributed by atoms with E-state index in [0.717, 1.165) is 0 Å². The minimum Gasteiger partial charge on any atom is -0.318 e. The van der Waals surface area contributed by atoms with E-state index < -0.39 is 29.0 Å². The van der Waals surface area contributed by atoms with Crippen LogP contribution >= 0.6 is 0 Å². The van der Waals surface area contributed by atoms with Crippen molar-refractivity contribution in [2.24, 2.45) is 0 Å². The lowest BCUT2D eigenvalue weighted by Gasteiger charge is -2.06. The van der Waals surface area contributed by atoms with Gasteiger partial charge >= 0.3 is 0 Å². The van der Waals surface area contributed by atoms with Gasteiger partial charge in [-0.05, 0) is 12.1 Å². The molecule has 0 aliphatic heterocycles. The second kappa shape index (κ2) is 4.87. The second-order valence-corrected chi connectivity index (χ2v) is 3.42. The van der Waals surface area contributed by atoms with Gasteiger partial charge in [0.1, 0.15) is 11.5 Å². The Morgan fingerprint density at radius 1 is 1.17 bits per heavy atom. The van der Waals surface area contributed by atoms with Crippen LogP contribution in [0, 0.1) is 17.5 Å². The highest BCUT2D eigenvalue weighted by atomic mass is 19.2. The first-order chi connectivity index (χ1) is 8.58. The van der Waals surface area contributed by atoms with Gasteiger partial charge in [0.05, 0.1) is 5.69 Å². The summed E-state index contributed by atoms with van der Waals surface area (Å²) < 4.78 is 39.1. The predicted octanol–water partition coefficient (Wildman–Crippen LogP) is 2.75. The molecule has 0 spiro atoms. The van der Waals surface area contributed by atoms with Crippen molar-refractivity contribution in [2.45, 2.75) is 0 Å². The van der Waals surface area contributed by atoms with Gasteiger partial charge in [-0.1, -0.05) is 6.07 Å². The Kier molecular flexibility index (Phi) is 3.27. The molecule has 0 atom stereocenters. The van der Waals surface area contributed by atoms with Crippen molar-refractivity contribution < 1.29 is 18.0 Å². The lowest BCUT2D eigenvalue weighted by atomic mass is 10.2. The van der Waals surface area contributed by atoms with E-state index in [4.69, 9.17) is 0 Å². The van der Waals surface area contributed by atoms with Crippen molar-refractivity contribution in [3.8, 4) is 0 Å². The number of hydrogen-bond acceptors (Lipinski definition) is 2. The Morgan fingerprint density at radius 3 is 2.61 bits per heavy atom. The number of amides is 1. The molecule has 0 fully saturated rings. The fourth-order valence-electron chi connectivity index (χ4n) is 1.33. The lowest BCUT2D eigenvalue weighted by Crippen LogP contribution is -2.15. The molecule has 18 heavy (non-hydrogen) atoms. The fraction of sp³-hybridized carbons (Fsp3) is 0. The zero-order valence-electron chi connectivity index (χ0n) is 8.95. The topological polar surface area (TPSA) is 42.0 Å². The quantitative estimate of drug-likeness (QED) is 0.835. The number of carbonyl (C=O) groups is 1. The number of carbonyl (C=O) groups excluding carboxylic acids is 1. The van der Waals surface area contributed by atoms with Crippen LogP contribution in [0.3, 0.4) is 0 Å². The van der Waals surface area contributed by atoms with Gasteiger partial charge in [0.2, 0.25) is 0 Å². The van der Waals surface area contributed by atoms with Gasteiger partial charge in [0.15, 0.2) is 11.6 Å². The van der Waals surface area contributed by atoms with Gasteiger partial charge in [-0.15, -0.1) is 0 Å². The van der Waals surface area contributed by atoms with Gasteiger partial charge in [-0.3, -0.25) is 9.78 Å². The van der Waals surface area contributed by atoms with E-state index in [9.17, 15) is 18.0 Å². The summed E-state index contributed by atoms with van der Waals surface area (Å²) in [5.41, 5.74) is -0.551. The zero-order chi connectivity index (χ0) is 13.1. The van der Waals surface area contributed by atoms with E-state index in [1.807, 2.05) is 0 Å². The minimum absolute atomic E-state index is 0.0153. The summed E-state index contributed by atoms with van der Waals surface area (Å²) in [7, 11) is 0. The maximum Gasteiger partial charge on any atom is 0.274 e. The summed E-state index contributed by atoms with van der Waals surface area (Å²) in [6.45, 7) is 0. The molecule has 1 heterocycles. The third kappa shape index (κ3) is 2.48. The van der Waals surface area contributed by atoms with Crippen LogP contribution in [0.1, 0.15) is 10.5 Å². The molecular formula is C12H7F3N2O. The van der Waals surface area contributed by atoms with Crippen LogP contribution in [0.2, 0.25) is 0 Å². The van der Waals surface area contributed by atoms with Gasteiger partial charge in [-0.2, -0.15) is 0 Å². The highest BCUT2D eigenvalue weighted by molar-refractivity contribution is 6.02. The molecule has 1 aromatic heterocycles. The van der Waals surface area contributed by atoms with Crippen molar-refractivity contribution in [2.75, 3.05) is 5.32 Å². The molecule has 0 saturated heterocycles. The van der Waals surface area contributed by atoms with Crippen molar-refractivity contribution >= 4 is 11.6 Å². The maximum absolute atomic E-state index is 13.3. The average molecular weight is 252 g/mol. The van der Waals surface area contributed by atoms with E-state index >= 15 is 0 Å². The van der Waals surface area contributed by atoms with Crippen LogP contribution in [0.25, 0.3) is 0 Å². The molecule has 0 radical (unpaired) electrons. The van der Waals surface area contributed by atoms with Gasteiger partial charge in [0.25, 0.3) is 5.91 Å². The first-order valence-corrected chi connectivity index (χ1v) is 4.95. The number of pyridine rings is 1. The molecule has 92 valence electrons. The molecule has 2 aromatic rings. The maximum atomic E-state index is 13.3. The Hall–Kier alpha value is -2.37. The molecule has 1 aromatic carbocycles. The first-order valence-electron chi connectivity index (χ1n) is 4.95.